The molecular weight excluding hydrogens is 248 g/mol. The summed E-state index contributed by atoms with van der Waals surface area (Å²) in [6.45, 7) is 2.22. The van der Waals surface area contributed by atoms with Gasteiger partial charge in [0.15, 0.2) is 0 Å². The van der Waals surface area contributed by atoms with E-state index in [1.54, 1.807) is 0 Å². The molecule has 1 amide bonds. The van der Waals surface area contributed by atoms with E-state index in [0.29, 0.717) is 18.1 Å². The number of amides is 1. The number of carbonyl (C=O) groups excluding carboxylic acids is 1. The average molecular weight is 278 g/mol. The Bertz CT molecular complexity index is 341. The Labute approximate surface area is 123 Å². The van der Waals surface area contributed by atoms with Crippen LogP contribution in [0, 0.1) is 0 Å². The van der Waals surface area contributed by atoms with Gasteiger partial charge in [-0.3, -0.25) is 10.1 Å². The Kier molecular flexibility index (Phi) is 4.34. The molecule has 0 aromatic carbocycles. The molecule has 1 aliphatic heterocycles. The molecule has 3 aliphatic rings. The standard InChI is InChI=1S/C17H30N2O/c1-2-15-18-17(12-8-9-13-17)16(20)19(15)14-10-6-4-3-5-7-11-14/h14-15,18H,2-13H2,1H3. The summed E-state index contributed by atoms with van der Waals surface area (Å²) >= 11 is 0. The highest BCUT2D eigenvalue weighted by Crippen LogP contribution is 2.39. The number of carbonyl (C=O) groups is 1. The van der Waals surface area contributed by atoms with Gasteiger partial charge in [0, 0.05) is 6.04 Å². The first-order chi connectivity index (χ1) is 9.77. The fourth-order valence-corrected chi connectivity index (χ4v) is 4.61. The van der Waals surface area contributed by atoms with Crippen molar-refractivity contribution in [2.75, 3.05) is 0 Å². The van der Waals surface area contributed by atoms with Gasteiger partial charge >= 0.3 is 0 Å². The van der Waals surface area contributed by atoms with E-state index < -0.39 is 0 Å². The molecule has 2 saturated carbocycles. The van der Waals surface area contributed by atoms with E-state index in [2.05, 4.69) is 17.1 Å². The Morgan fingerprint density at radius 2 is 1.65 bits per heavy atom. The topological polar surface area (TPSA) is 32.3 Å². The third kappa shape index (κ3) is 2.49. The lowest BCUT2D eigenvalue weighted by molar-refractivity contribution is -0.135. The normalized spacial score (nSPS) is 31.8. The molecule has 114 valence electrons. The van der Waals surface area contributed by atoms with Gasteiger partial charge in [0.1, 0.15) is 0 Å². The Balaban J connectivity index is 1.77. The lowest BCUT2D eigenvalue weighted by atomic mass is 9.93. The molecule has 3 rings (SSSR count). The fourth-order valence-electron chi connectivity index (χ4n) is 4.61. The molecule has 3 nitrogen and oxygen atoms in total. The van der Waals surface area contributed by atoms with Crippen molar-refractivity contribution in [3.8, 4) is 0 Å². The van der Waals surface area contributed by atoms with E-state index in [9.17, 15) is 4.79 Å². The number of nitrogens with one attached hydrogen (secondary N) is 1. The summed E-state index contributed by atoms with van der Waals surface area (Å²) in [7, 11) is 0. The van der Waals surface area contributed by atoms with Crippen molar-refractivity contribution in [2.45, 2.75) is 102 Å². The smallest absolute Gasteiger partial charge is 0.244 e. The molecule has 0 aromatic heterocycles. The van der Waals surface area contributed by atoms with Crippen LogP contribution in [0.25, 0.3) is 0 Å². The highest BCUT2D eigenvalue weighted by molar-refractivity contribution is 5.89. The number of nitrogens with zero attached hydrogens (tertiary/aromatic N) is 1. The second kappa shape index (κ2) is 6.05. The van der Waals surface area contributed by atoms with E-state index in [1.807, 2.05) is 0 Å². The zero-order valence-corrected chi connectivity index (χ0v) is 13.0. The molecule has 3 fully saturated rings. The molecule has 1 atom stereocenters. The van der Waals surface area contributed by atoms with Crippen LogP contribution in [-0.4, -0.2) is 28.6 Å². The van der Waals surface area contributed by atoms with Crippen LogP contribution in [-0.2, 0) is 4.79 Å². The fraction of sp³-hybridized carbons (Fsp3) is 0.941. The predicted molar refractivity (Wildman–Crippen MR) is 81.4 cm³/mol. The molecular formula is C17H30N2O. The van der Waals surface area contributed by atoms with Gasteiger partial charge in [0.25, 0.3) is 0 Å². The maximum Gasteiger partial charge on any atom is 0.244 e. The minimum atomic E-state index is -0.178. The number of hydrogen-bond acceptors (Lipinski definition) is 2. The summed E-state index contributed by atoms with van der Waals surface area (Å²) in [5.41, 5.74) is -0.178. The van der Waals surface area contributed by atoms with Gasteiger partial charge in [-0.25, -0.2) is 0 Å². The van der Waals surface area contributed by atoms with Crippen LogP contribution in [0.4, 0.5) is 0 Å². The third-order valence-electron chi connectivity index (χ3n) is 5.73. The molecule has 1 unspecified atom stereocenters. The van der Waals surface area contributed by atoms with Crippen LogP contribution < -0.4 is 5.32 Å². The zero-order chi connectivity index (χ0) is 14.0. The van der Waals surface area contributed by atoms with Crippen molar-refractivity contribution >= 4 is 5.91 Å². The van der Waals surface area contributed by atoms with Crippen molar-refractivity contribution in [1.82, 2.24) is 10.2 Å². The lowest BCUT2D eigenvalue weighted by Gasteiger charge is -2.34. The molecule has 1 heterocycles. The van der Waals surface area contributed by atoms with Gasteiger partial charge in [0.2, 0.25) is 5.91 Å². The summed E-state index contributed by atoms with van der Waals surface area (Å²) in [6.07, 6.45) is 15.0. The lowest BCUT2D eigenvalue weighted by Crippen LogP contribution is -2.45. The van der Waals surface area contributed by atoms with Gasteiger partial charge in [-0.05, 0) is 32.1 Å². The second-order valence-corrected chi connectivity index (χ2v) is 7.07. The van der Waals surface area contributed by atoms with Crippen LogP contribution in [0.2, 0.25) is 0 Å². The molecule has 0 aromatic rings. The Morgan fingerprint density at radius 1 is 1.05 bits per heavy atom. The minimum Gasteiger partial charge on any atom is -0.323 e. The quantitative estimate of drug-likeness (QED) is 0.837. The maximum absolute atomic E-state index is 13.1. The Morgan fingerprint density at radius 3 is 2.25 bits per heavy atom. The number of hydrogen-bond donors (Lipinski definition) is 1. The van der Waals surface area contributed by atoms with E-state index in [1.165, 1.54) is 57.8 Å². The summed E-state index contributed by atoms with van der Waals surface area (Å²) in [4.78, 5) is 15.3. The van der Waals surface area contributed by atoms with Crippen molar-refractivity contribution in [1.29, 1.82) is 0 Å². The second-order valence-electron chi connectivity index (χ2n) is 7.07. The summed E-state index contributed by atoms with van der Waals surface area (Å²) < 4.78 is 0. The van der Waals surface area contributed by atoms with Crippen molar-refractivity contribution < 1.29 is 4.79 Å². The largest absolute Gasteiger partial charge is 0.323 e. The molecule has 1 N–H and O–H groups in total. The monoisotopic (exact) mass is 278 g/mol. The van der Waals surface area contributed by atoms with Gasteiger partial charge < -0.3 is 4.90 Å². The first-order valence-corrected chi connectivity index (χ1v) is 8.87. The SMILES string of the molecule is CCC1NC2(CCCC2)C(=O)N1C1CCCCCCC1. The van der Waals surface area contributed by atoms with Crippen LogP contribution in [0.1, 0.15) is 84.0 Å². The van der Waals surface area contributed by atoms with E-state index in [4.69, 9.17) is 0 Å². The molecule has 1 saturated heterocycles. The summed E-state index contributed by atoms with van der Waals surface area (Å²) in [5.74, 6) is 0.437. The first kappa shape index (κ1) is 14.4. The van der Waals surface area contributed by atoms with Crippen molar-refractivity contribution in [3.05, 3.63) is 0 Å². The van der Waals surface area contributed by atoms with E-state index in [-0.39, 0.29) is 5.54 Å². The van der Waals surface area contributed by atoms with Gasteiger partial charge in [-0.1, -0.05) is 51.9 Å². The van der Waals surface area contributed by atoms with E-state index in [0.717, 1.165) is 19.3 Å². The van der Waals surface area contributed by atoms with Gasteiger partial charge in [-0.15, -0.1) is 0 Å². The van der Waals surface area contributed by atoms with Crippen LogP contribution in [0.3, 0.4) is 0 Å². The minimum absolute atomic E-state index is 0.178. The van der Waals surface area contributed by atoms with Gasteiger partial charge in [-0.2, -0.15) is 0 Å². The van der Waals surface area contributed by atoms with Crippen molar-refractivity contribution in [2.24, 2.45) is 0 Å². The molecule has 2 aliphatic carbocycles. The van der Waals surface area contributed by atoms with Crippen LogP contribution in [0.15, 0.2) is 0 Å². The average Bonchev–Trinajstić information content (AvgIpc) is 2.98. The molecule has 20 heavy (non-hydrogen) atoms. The maximum atomic E-state index is 13.1. The summed E-state index contributed by atoms with van der Waals surface area (Å²) in [6, 6.07) is 0.500. The number of rotatable bonds is 2. The van der Waals surface area contributed by atoms with Crippen molar-refractivity contribution in [3.63, 3.8) is 0 Å². The highest BCUT2D eigenvalue weighted by Gasteiger charge is 2.53. The molecule has 0 radical (unpaired) electrons. The Hall–Kier alpha value is -0.570. The molecule has 3 heteroatoms. The summed E-state index contributed by atoms with van der Waals surface area (Å²) in [5, 5.41) is 3.73. The molecule has 0 bridgehead atoms. The highest BCUT2D eigenvalue weighted by atomic mass is 16.2. The van der Waals surface area contributed by atoms with Gasteiger partial charge in [0.05, 0.1) is 11.7 Å². The van der Waals surface area contributed by atoms with E-state index >= 15 is 0 Å². The predicted octanol–water partition coefficient (Wildman–Crippen LogP) is 3.58. The first-order valence-electron chi connectivity index (χ1n) is 8.87. The molecule has 1 spiro atoms. The van der Waals surface area contributed by atoms with Crippen LogP contribution in [0.5, 0.6) is 0 Å². The third-order valence-corrected chi connectivity index (χ3v) is 5.73. The zero-order valence-electron chi connectivity index (χ0n) is 13.0. The van der Waals surface area contributed by atoms with Crippen LogP contribution >= 0.6 is 0 Å².